The molecule has 0 fully saturated rings. The third kappa shape index (κ3) is 5.26. The Balaban J connectivity index is 1.88. The number of nitrogens with one attached hydrogen (secondary N) is 1. The van der Waals surface area contributed by atoms with Crippen LogP contribution in [0.1, 0.15) is 31.0 Å². The van der Waals surface area contributed by atoms with Crippen LogP contribution in [0.15, 0.2) is 42.5 Å². The molecular formula is C19H23F2N2O2+. The Morgan fingerprint density at radius 3 is 2.44 bits per heavy atom. The van der Waals surface area contributed by atoms with Gasteiger partial charge >= 0.3 is 0 Å². The summed E-state index contributed by atoms with van der Waals surface area (Å²) in [5.41, 5.74) is 1.33. The number of benzene rings is 2. The zero-order chi connectivity index (χ0) is 18.4. The van der Waals surface area contributed by atoms with E-state index in [0.717, 1.165) is 17.4 Å². The van der Waals surface area contributed by atoms with Gasteiger partial charge in [0.25, 0.3) is 5.91 Å². The Kier molecular flexibility index (Phi) is 6.47. The Bertz CT molecular complexity index is 720. The highest BCUT2D eigenvalue weighted by Crippen LogP contribution is 2.15. The standard InChI is InChI=1S/C19H22F2N2O2/c1-12(17-9-6-15(20)10-18(17)21)23-13(2)19(24)22-11-14-4-7-16(25-3)8-5-14/h4-10,12-13,23H,11H2,1-3H3,(H,22,24)/p+1/t12-,13-/m0/s1. The van der Waals surface area contributed by atoms with Gasteiger partial charge < -0.3 is 15.4 Å². The highest BCUT2D eigenvalue weighted by Gasteiger charge is 2.22. The number of quaternary nitrogens is 1. The van der Waals surface area contributed by atoms with E-state index in [1.165, 1.54) is 12.1 Å². The van der Waals surface area contributed by atoms with E-state index in [1.807, 2.05) is 24.3 Å². The molecule has 4 nitrogen and oxygen atoms in total. The molecule has 2 atom stereocenters. The average molecular weight is 349 g/mol. The van der Waals surface area contributed by atoms with Crippen molar-refractivity contribution in [1.82, 2.24) is 5.32 Å². The van der Waals surface area contributed by atoms with Crippen LogP contribution in [0.2, 0.25) is 0 Å². The Morgan fingerprint density at radius 1 is 1.16 bits per heavy atom. The fourth-order valence-electron chi connectivity index (χ4n) is 2.59. The molecule has 0 unspecified atom stereocenters. The van der Waals surface area contributed by atoms with Gasteiger partial charge in [-0.3, -0.25) is 4.79 Å². The molecule has 0 aromatic heterocycles. The third-order valence-corrected chi connectivity index (χ3v) is 4.07. The summed E-state index contributed by atoms with van der Waals surface area (Å²) in [4.78, 5) is 12.2. The number of methoxy groups -OCH3 is 1. The highest BCUT2D eigenvalue weighted by molar-refractivity contribution is 5.79. The summed E-state index contributed by atoms with van der Waals surface area (Å²) >= 11 is 0. The number of rotatable bonds is 7. The van der Waals surface area contributed by atoms with Gasteiger partial charge in [-0.2, -0.15) is 0 Å². The van der Waals surface area contributed by atoms with Crippen molar-refractivity contribution < 1.29 is 23.6 Å². The molecule has 0 aliphatic carbocycles. The number of amides is 1. The van der Waals surface area contributed by atoms with Crippen LogP contribution < -0.4 is 15.4 Å². The minimum atomic E-state index is -0.612. The smallest absolute Gasteiger partial charge is 0.278 e. The number of nitrogens with two attached hydrogens (primary N) is 1. The summed E-state index contributed by atoms with van der Waals surface area (Å²) in [5.74, 6) is -0.606. The minimum absolute atomic E-state index is 0.148. The molecule has 0 heterocycles. The lowest BCUT2D eigenvalue weighted by Gasteiger charge is -2.17. The lowest BCUT2D eigenvalue weighted by Crippen LogP contribution is -2.92. The van der Waals surface area contributed by atoms with Crippen molar-refractivity contribution in [2.75, 3.05) is 7.11 Å². The van der Waals surface area contributed by atoms with E-state index in [0.29, 0.717) is 12.1 Å². The predicted octanol–water partition coefficient (Wildman–Crippen LogP) is 2.30. The van der Waals surface area contributed by atoms with Crippen LogP contribution in [0.25, 0.3) is 0 Å². The molecule has 0 spiro atoms. The second-order valence-electron chi connectivity index (χ2n) is 6.00. The van der Waals surface area contributed by atoms with Gasteiger partial charge in [-0.1, -0.05) is 12.1 Å². The van der Waals surface area contributed by atoms with Gasteiger partial charge in [-0.15, -0.1) is 0 Å². The summed E-state index contributed by atoms with van der Waals surface area (Å²) in [6.07, 6.45) is 0. The van der Waals surface area contributed by atoms with Crippen molar-refractivity contribution in [3.63, 3.8) is 0 Å². The lowest BCUT2D eigenvalue weighted by atomic mass is 10.1. The summed E-state index contributed by atoms with van der Waals surface area (Å²) < 4.78 is 31.9. The highest BCUT2D eigenvalue weighted by atomic mass is 19.1. The molecule has 3 N–H and O–H groups in total. The van der Waals surface area contributed by atoms with E-state index in [9.17, 15) is 13.6 Å². The second-order valence-corrected chi connectivity index (χ2v) is 6.00. The van der Waals surface area contributed by atoms with Gasteiger partial charge in [0.2, 0.25) is 0 Å². The monoisotopic (exact) mass is 349 g/mol. The third-order valence-electron chi connectivity index (χ3n) is 4.07. The van der Waals surface area contributed by atoms with E-state index >= 15 is 0 Å². The zero-order valence-electron chi connectivity index (χ0n) is 14.6. The first-order chi connectivity index (χ1) is 11.9. The van der Waals surface area contributed by atoms with Crippen molar-refractivity contribution in [3.8, 4) is 5.75 Å². The van der Waals surface area contributed by atoms with Crippen molar-refractivity contribution >= 4 is 5.91 Å². The van der Waals surface area contributed by atoms with Gasteiger partial charge in [-0.05, 0) is 43.7 Å². The molecule has 2 aromatic rings. The SMILES string of the molecule is COc1ccc(CNC(=O)[C@H](C)[NH2+][C@@H](C)c2ccc(F)cc2F)cc1. The molecule has 25 heavy (non-hydrogen) atoms. The van der Waals surface area contributed by atoms with Crippen LogP contribution in [-0.2, 0) is 11.3 Å². The topological polar surface area (TPSA) is 54.9 Å². The van der Waals surface area contributed by atoms with E-state index in [-0.39, 0.29) is 11.9 Å². The molecule has 6 heteroatoms. The maximum Gasteiger partial charge on any atom is 0.278 e. The molecule has 0 aliphatic heterocycles. The normalized spacial score (nSPS) is 13.2. The molecule has 134 valence electrons. The Morgan fingerprint density at radius 2 is 1.84 bits per heavy atom. The van der Waals surface area contributed by atoms with Gasteiger partial charge in [0.05, 0.1) is 7.11 Å². The van der Waals surface area contributed by atoms with Crippen molar-refractivity contribution in [2.45, 2.75) is 32.5 Å². The van der Waals surface area contributed by atoms with E-state index in [1.54, 1.807) is 26.3 Å². The van der Waals surface area contributed by atoms with Gasteiger partial charge in [-0.25, -0.2) is 8.78 Å². The summed E-state index contributed by atoms with van der Waals surface area (Å²) in [5, 5.41) is 4.60. The van der Waals surface area contributed by atoms with Crippen molar-refractivity contribution in [2.24, 2.45) is 0 Å². The van der Waals surface area contributed by atoms with Crippen LogP contribution >= 0.6 is 0 Å². The Hall–Kier alpha value is -2.47. The molecule has 0 saturated carbocycles. The predicted molar refractivity (Wildman–Crippen MR) is 91.0 cm³/mol. The molecule has 2 aromatic carbocycles. The molecule has 0 radical (unpaired) electrons. The summed E-state index contributed by atoms with van der Waals surface area (Å²) in [7, 11) is 1.60. The average Bonchev–Trinajstić information content (AvgIpc) is 2.59. The number of carbonyl (C=O) groups is 1. The van der Waals surface area contributed by atoms with Crippen LogP contribution in [0.5, 0.6) is 5.75 Å². The van der Waals surface area contributed by atoms with Gasteiger partial charge in [0, 0.05) is 18.2 Å². The van der Waals surface area contributed by atoms with E-state index in [4.69, 9.17) is 4.74 Å². The molecule has 0 bridgehead atoms. The molecule has 1 amide bonds. The first kappa shape index (κ1) is 18.9. The van der Waals surface area contributed by atoms with Crippen molar-refractivity contribution in [3.05, 3.63) is 65.2 Å². The summed E-state index contributed by atoms with van der Waals surface area (Å²) in [6, 6.07) is 10.2. The zero-order valence-corrected chi connectivity index (χ0v) is 14.6. The maximum atomic E-state index is 13.8. The first-order valence-corrected chi connectivity index (χ1v) is 8.11. The van der Waals surface area contributed by atoms with Crippen LogP contribution in [0.3, 0.4) is 0 Å². The van der Waals surface area contributed by atoms with Gasteiger partial charge in [0.15, 0.2) is 6.04 Å². The van der Waals surface area contributed by atoms with Crippen molar-refractivity contribution in [1.29, 1.82) is 0 Å². The molecular weight excluding hydrogens is 326 g/mol. The quantitative estimate of drug-likeness (QED) is 0.806. The van der Waals surface area contributed by atoms with E-state index < -0.39 is 17.7 Å². The number of carbonyl (C=O) groups excluding carboxylic acids is 1. The Labute approximate surface area is 146 Å². The fraction of sp³-hybridized carbons (Fsp3) is 0.316. The van der Waals surface area contributed by atoms with Gasteiger partial charge in [0.1, 0.15) is 23.4 Å². The van der Waals surface area contributed by atoms with E-state index in [2.05, 4.69) is 5.32 Å². The second kappa shape index (κ2) is 8.58. The summed E-state index contributed by atoms with van der Waals surface area (Å²) in [6.45, 7) is 3.94. The van der Waals surface area contributed by atoms with Crippen LogP contribution in [-0.4, -0.2) is 19.1 Å². The number of halogens is 2. The number of hydrogen-bond donors (Lipinski definition) is 2. The largest absolute Gasteiger partial charge is 0.497 e. The first-order valence-electron chi connectivity index (χ1n) is 8.11. The lowest BCUT2D eigenvalue weighted by molar-refractivity contribution is -0.710. The van der Waals surface area contributed by atoms with Crippen LogP contribution in [0.4, 0.5) is 8.78 Å². The van der Waals surface area contributed by atoms with Crippen LogP contribution in [0, 0.1) is 11.6 Å². The fourth-order valence-corrected chi connectivity index (χ4v) is 2.59. The minimum Gasteiger partial charge on any atom is -0.497 e. The number of ether oxygens (including phenoxy) is 1. The molecule has 0 saturated heterocycles. The number of hydrogen-bond acceptors (Lipinski definition) is 2. The maximum absolute atomic E-state index is 13.8. The molecule has 0 aliphatic rings. The molecule has 2 rings (SSSR count).